The van der Waals surface area contributed by atoms with Gasteiger partial charge in [-0.15, -0.1) is 6.42 Å². The van der Waals surface area contributed by atoms with Crippen LogP contribution >= 0.6 is 0 Å². The molecule has 0 radical (unpaired) electrons. The van der Waals surface area contributed by atoms with E-state index in [1.54, 1.807) is 10.6 Å². The minimum Gasteiger partial charge on any atom is -0.477 e. The van der Waals surface area contributed by atoms with Gasteiger partial charge in [0.05, 0.1) is 17.2 Å². The van der Waals surface area contributed by atoms with Crippen LogP contribution in [-0.4, -0.2) is 41.3 Å². The van der Waals surface area contributed by atoms with Gasteiger partial charge in [0.1, 0.15) is 11.4 Å². The summed E-state index contributed by atoms with van der Waals surface area (Å²) >= 11 is 0. The van der Waals surface area contributed by atoms with Crippen LogP contribution in [0.4, 0.5) is 10.1 Å². The van der Waals surface area contributed by atoms with Gasteiger partial charge in [0, 0.05) is 37.3 Å². The van der Waals surface area contributed by atoms with Gasteiger partial charge < -0.3 is 19.9 Å². The maximum absolute atomic E-state index is 14.8. The average Bonchev–Trinajstić information content (AvgIpc) is 3.47. The Morgan fingerprint density at radius 1 is 1.38 bits per heavy atom. The highest BCUT2D eigenvalue weighted by Gasteiger charge is 2.28. The summed E-state index contributed by atoms with van der Waals surface area (Å²) in [5.41, 5.74) is -0.0337. The average molecular weight is 355 g/mol. The molecule has 2 heterocycles. The lowest BCUT2D eigenvalue weighted by Gasteiger charge is -2.33. The molecule has 1 saturated heterocycles. The molecule has 2 N–H and O–H groups in total. The molecule has 4 rings (SSSR count). The van der Waals surface area contributed by atoms with Gasteiger partial charge in [-0.1, -0.05) is 5.92 Å². The first-order valence-corrected chi connectivity index (χ1v) is 8.55. The molecule has 2 fully saturated rings. The number of terminal acetylenes is 1. The second-order valence-electron chi connectivity index (χ2n) is 6.76. The Morgan fingerprint density at radius 2 is 2.15 bits per heavy atom. The number of nitrogens with one attached hydrogen (secondary N) is 1. The SMILES string of the molecule is C#CC1CN(c2cc3c(cc2F)c(=O)c(C(=O)O)cn3C2CC2)CCN1. The van der Waals surface area contributed by atoms with Crippen LogP contribution in [0.2, 0.25) is 0 Å². The fraction of sp³-hybridized carbons (Fsp3) is 0.368. The molecule has 1 saturated carbocycles. The molecule has 1 unspecified atom stereocenters. The van der Waals surface area contributed by atoms with Crippen molar-refractivity contribution in [1.29, 1.82) is 0 Å². The maximum Gasteiger partial charge on any atom is 0.341 e. The van der Waals surface area contributed by atoms with E-state index in [1.165, 1.54) is 6.20 Å². The monoisotopic (exact) mass is 355 g/mol. The number of aromatic nitrogens is 1. The zero-order valence-electron chi connectivity index (χ0n) is 14.0. The Kier molecular flexibility index (Phi) is 3.93. The maximum atomic E-state index is 14.8. The van der Waals surface area contributed by atoms with Gasteiger partial charge in [-0.05, 0) is 25.0 Å². The number of pyridine rings is 1. The molecule has 1 aromatic carbocycles. The molecule has 1 aromatic heterocycles. The van der Waals surface area contributed by atoms with Gasteiger partial charge in [0.15, 0.2) is 0 Å². The van der Waals surface area contributed by atoms with Gasteiger partial charge in [0.25, 0.3) is 0 Å². The third-order valence-corrected chi connectivity index (χ3v) is 4.99. The molecule has 6 nitrogen and oxygen atoms in total. The van der Waals surface area contributed by atoms with Gasteiger partial charge in [-0.2, -0.15) is 0 Å². The van der Waals surface area contributed by atoms with Crippen LogP contribution in [0.5, 0.6) is 0 Å². The summed E-state index contributed by atoms with van der Waals surface area (Å²) in [6, 6.07) is 2.79. The van der Waals surface area contributed by atoms with E-state index in [1.807, 2.05) is 4.90 Å². The summed E-state index contributed by atoms with van der Waals surface area (Å²) in [5, 5.41) is 12.6. The number of carboxylic acid groups (broad SMARTS) is 1. The van der Waals surface area contributed by atoms with Gasteiger partial charge >= 0.3 is 5.97 Å². The van der Waals surface area contributed by atoms with E-state index in [9.17, 15) is 19.1 Å². The summed E-state index contributed by atoms with van der Waals surface area (Å²) in [6.45, 7) is 1.71. The number of benzene rings is 1. The normalized spacial score (nSPS) is 20.2. The smallest absolute Gasteiger partial charge is 0.341 e. The van der Waals surface area contributed by atoms with Crippen molar-refractivity contribution in [2.24, 2.45) is 0 Å². The highest BCUT2D eigenvalue weighted by molar-refractivity contribution is 5.93. The van der Waals surface area contributed by atoms with E-state index in [-0.39, 0.29) is 23.0 Å². The Morgan fingerprint density at radius 3 is 2.81 bits per heavy atom. The number of nitrogens with zero attached hydrogens (tertiary/aromatic N) is 2. The van der Waals surface area contributed by atoms with Crippen molar-refractivity contribution < 1.29 is 14.3 Å². The first-order chi connectivity index (χ1) is 12.5. The van der Waals surface area contributed by atoms with Crippen LogP contribution < -0.4 is 15.6 Å². The molecule has 2 aliphatic rings. The molecule has 0 spiro atoms. The second-order valence-corrected chi connectivity index (χ2v) is 6.76. The predicted octanol–water partition coefficient (Wildman–Crippen LogP) is 1.59. The number of carbonyl (C=O) groups is 1. The number of rotatable bonds is 3. The Balaban J connectivity index is 1.90. The van der Waals surface area contributed by atoms with E-state index in [2.05, 4.69) is 11.2 Å². The molecular formula is C19H18FN3O3. The highest BCUT2D eigenvalue weighted by Crippen LogP contribution is 2.38. The Labute approximate surface area is 149 Å². The van der Waals surface area contributed by atoms with Crippen molar-refractivity contribution in [3.8, 4) is 12.3 Å². The highest BCUT2D eigenvalue weighted by atomic mass is 19.1. The molecule has 1 atom stereocenters. The first kappa shape index (κ1) is 16.6. The first-order valence-electron chi connectivity index (χ1n) is 8.55. The second kappa shape index (κ2) is 6.15. The van der Waals surface area contributed by atoms with Gasteiger partial charge in [-0.25, -0.2) is 9.18 Å². The summed E-state index contributed by atoms with van der Waals surface area (Å²) in [6.07, 6.45) is 8.68. The molecule has 1 aliphatic carbocycles. The Bertz CT molecular complexity index is 1000. The third kappa shape index (κ3) is 2.72. The summed E-state index contributed by atoms with van der Waals surface area (Å²) in [5.74, 6) is 0.792. The van der Waals surface area contributed by atoms with Crippen molar-refractivity contribution in [1.82, 2.24) is 9.88 Å². The van der Waals surface area contributed by atoms with Crippen LogP contribution in [0.25, 0.3) is 10.9 Å². The molecule has 26 heavy (non-hydrogen) atoms. The number of piperazine rings is 1. The van der Waals surface area contributed by atoms with Gasteiger partial charge in [-0.3, -0.25) is 4.79 Å². The molecule has 7 heteroatoms. The van der Waals surface area contributed by atoms with E-state index >= 15 is 0 Å². The fourth-order valence-electron chi connectivity index (χ4n) is 3.49. The number of aromatic carboxylic acids is 1. The van der Waals surface area contributed by atoms with Crippen LogP contribution in [0.3, 0.4) is 0 Å². The van der Waals surface area contributed by atoms with Crippen molar-refractivity contribution in [3.05, 3.63) is 39.9 Å². The number of halogens is 1. The Hall–Kier alpha value is -2.85. The van der Waals surface area contributed by atoms with Crippen LogP contribution in [0.15, 0.2) is 23.1 Å². The van der Waals surface area contributed by atoms with E-state index in [4.69, 9.17) is 6.42 Å². The summed E-state index contributed by atoms with van der Waals surface area (Å²) in [4.78, 5) is 25.7. The number of carboxylic acids is 1. The van der Waals surface area contributed by atoms with Gasteiger partial charge in [0.2, 0.25) is 5.43 Å². The van der Waals surface area contributed by atoms with Crippen LogP contribution in [0, 0.1) is 18.2 Å². The number of hydrogen-bond acceptors (Lipinski definition) is 4. The predicted molar refractivity (Wildman–Crippen MR) is 96.2 cm³/mol. The standard InChI is InChI=1S/C19H18FN3O3/c1-2-11-9-22(6-5-21-11)17-8-16-13(7-15(17)20)18(24)14(19(25)26)10-23(16)12-3-4-12/h1,7-8,10-12,21H,3-6,9H2,(H,25,26). The van der Waals surface area contributed by atoms with Crippen molar-refractivity contribution >= 4 is 22.6 Å². The molecular weight excluding hydrogens is 337 g/mol. The van der Waals surface area contributed by atoms with Crippen LogP contribution in [0.1, 0.15) is 29.2 Å². The molecule has 0 bridgehead atoms. The van der Waals surface area contributed by atoms with Crippen molar-refractivity contribution in [2.75, 3.05) is 24.5 Å². The number of anilines is 1. The topological polar surface area (TPSA) is 74.6 Å². The zero-order chi connectivity index (χ0) is 18.4. The molecule has 0 amide bonds. The lowest BCUT2D eigenvalue weighted by Crippen LogP contribution is -2.50. The van der Waals surface area contributed by atoms with E-state index < -0.39 is 17.2 Å². The molecule has 1 aliphatic heterocycles. The van der Waals surface area contributed by atoms with E-state index in [0.29, 0.717) is 30.8 Å². The lowest BCUT2D eigenvalue weighted by molar-refractivity contribution is 0.0695. The quantitative estimate of drug-likeness (QED) is 0.818. The number of fused-ring (bicyclic) bond motifs is 1. The minimum atomic E-state index is -1.30. The summed E-state index contributed by atoms with van der Waals surface area (Å²) < 4.78 is 16.6. The largest absolute Gasteiger partial charge is 0.477 e. The summed E-state index contributed by atoms with van der Waals surface area (Å²) in [7, 11) is 0. The minimum absolute atomic E-state index is 0.0988. The zero-order valence-corrected chi connectivity index (χ0v) is 14.0. The number of hydrogen-bond donors (Lipinski definition) is 2. The van der Waals surface area contributed by atoms with Crippen molar-refractivity contribution in [3.63, 3.8) is 0 Å². The third-order valence-electron chi connectivity index (χ3n) is 4.99. The fourth-order valence-corrected chi connectivity index (χ4v) is 3.49. The molecule has 2 aromatic rings. The van der Waals surface area contributed by atoms with E-state index in [0.717, 1.165) is 18.9 Å². The van der Waals surface area contributed by atoms with Crippen LogP contribution in [-0.2, 0) is 0 Å². The van der Waals surface area contributed by atoms with Crippen molar-refractivity contribution in [2.45, 2.75) is 24.9 Å². The lowest BCUT2D eigenvalue weighted by atomic mass is 10.1. The molecule has 134 valence electrons.